The van der Waals surface area contributed by atoms with E-state index in [2.05, 4.69) is 5.32 Å². The summed E-state index contributed by atoms with van der Waals surface area (Å²) in [5, 5.41) is 12.4. The molecule has 0 radical (unpaired) electrons. The lowest BCUT2D eigenvalue weighted by Gasteiger charge is -2.15. The number of ether oxygens (including phenoxy) is 2. The van der Waals surface area contributed by atoms with Gasteiger partial charge in [0, 0.05) is 12.6 Å². The molecule has 0 saturated carbocycles. The molecule has 0 bridgehead atoms. The monoisotopic (exact) mass is 239 g/mol. The van der Waals surface area contributed by atoms with E-state index in [0.717, 1.165) is 17.2 Å². The minimum Gasteiger partial charge on any atom is -0.494 e. The second-order valence-electron chi connectivity index (χ2n) is 3.75. The predicted octanol–water partition coefficient (Wildman–Crippen LogP) is 2.28. The van der Waals surface area contributed by atoms with Gasteiger partial charge >= 0.3 is 0 Å². The van der Waals surface area contributed by atoms with Gasteiger partial charge in [-0.15, -0.1) is 0 Å². The van der Waals surface area contributed by atoms with Crippen molar-refractivity contribution in [2.24, 2.45) is 0 Å². The molecule has 0 aliphatic carbocycles. The van der Waals surface area contributed by atoms with Crippen LogP contribution in [0, 0.1) is 0 Å². The third-order valence-corrected chi connectivity index (χ3v) is 2.15. The summed E-state index contributed by atoms with van der Waals surface area (Å²) >= 11 is 0. The fraction of sp³-hybridized carbons (Fsp3) is 0.538. The molecule has 1 aromatic carbocycles. The Morgan fingerprint density at radius 3 is 2.53 bits per heavy atom. The second kappa shape index (κ2) is 7.01. The van der Waals surface area contributed by atoms with Crippen LogP contribution in [0.2, 0.25) is 0 Å². The summed E-state index contributed by atoms with van der Waals surface area (Å²) in [5.41, 5.74) is 0.846. The highest BCUT2D eigenvalue weighted by Crippen LogP contribution is 2.29. The molecule has 4 nitrogen and oxygen atoms in total. The van der Waals surface area contributed by atoms with Gasteiger partial charge < -0.3 is 19.9 Å². The molecule has 0 spiro atoms. The SMILES string of the molecule is CCOc1ccc(OCC)c(NC[C@@H](C)O)c1. The first-order chi connectivity index (χ1) is 8.17. The molecule has 0 amide bonds. The maximum absolute atomic E-state index is 9.27. The topological polar surface area (TPSA) is 50.7 Å². The van der Waals surface area contributed by atoms with E-state index in [9.17, 15) is 5.11 Å². The van der Waals surface area contributed by atoms with Crippen molar-refractivity contribution >= 4 is 5.69 Å². The maximum atomic E-state index is 9.27. The quantitative estimate of drug-likeness (QED) is 0.766. The molecule has 4 heteroatoms. The summed E-state index contributed by atoms with van der Waals surface area (Å²) in [7, 11) is 0. The number of benzene rings is 1. The summed E-state index contributed by atoms with van der Waals surface area (Å²) in [6.07, 6.45) is -0.403. The molecule has 2 N–H and O–H groups in total. The van der Waals surface area contributed by atoms with Crippen molar-refractivity contribution in [3.8, 4) is 11.5 Å². The first-order valence-corrected chi connectivity index (χ1v) is 5.99. The van der Waals surface area contributed by atoms with Crippen molar-refractivity contribution in [1.29, 1.82) is 0 Å². The van der Waals surface area contributed by atoms with E-state index in [1.54, 1.807) is 6.92 Å². The highest BCUT2D eigenvalue weighted by Gasteiger charge is 2.06. The van der Waals surface area contributed by atoms with Gasteiger partial charge in [-0.1, -0.05) is 0 Å². The number of hydrogen-bond donors (Lipinski definition) is 2. The fourth-order valence-electron chi connectivity index (χ4n) is 1.44. The van der Waals surface area contributed by atoms with E-state index in [4.69, 9.17) is 9.47 Å². The minimum atomic E-state index is -0.403. The third kappa shape index (κ3) is 4.53. The van der Waals surface area contributed by atoms with Crippen LogP contribution in [-0.2, 0) is 0 Å². The van der Waals surface area contributed by atoms with Gasteiger partial charge in [0.15, 0.2) is 0 Å². The van der Waals surface area contributed by atoms with Gasteiger partial charge in [-0.25, -0.2) is 0 Å². The largest absolute Gasteiger partial charge is 0.494 e. The molecule has 1 aromatic rings. The van der Waals surface area contributed by atoms with Crippen LogP contribution in [0.25, 0.3) is 0 Å². The summed E-state index contributed by atoms with van der Waals surface area (Å²) in [5.74, 6) is 1.57. The van der Waals surface area contributed by atoms with E-state index in [-0.39, 0.29) is 0 Å². The predicted molar refractivity (Wildman–Crippen MR) is 69.0 cm³/mol. The van der Waals surface area contributed by atoms with E-state index in [0.29, 0.717) is 19.8 Å². The van der Waals surface area contributed by atoms with Crippen molar-refractivity contribution in [2.75, 3.05) is 25.1 Å². The van der Waals surface area contributed by atoms with Crippen LogP contribution in [0.4, 0.5) is 5.69 Å². The Labute approximate surface area is 103 Å². The van der Waals surface area contributed by atoms with E-state index in [1.165, 1.54) is 0 Å². The zero-order chi connectivity index (χ0) is 12.7. The van der Waals surface area contributed by atoms with Crippen LogP contribution in [0.15, 0.2) is 18.2 Å². The van der Waals surface area contributed by atoms with Crippen molar-refractivity contribution in [1.82, 2.24) is 0 Å². The Bertz CT molecular complexity index is 339. The van der Waals surface area contributed by atoms with Gasteiger partial charge in [0.2, 0.25) is 0 Å². The number of aliphatic hydroxyl groups is 1. The van der Waals surface area contributed by atoms with Crippen LogP contribution in [0.1, 0.15) is 20.8 Å². The molecule has 0 fully saturated rings. The van der Waals surface area contributed by atoms with Gasteiger partial charge in [-0.05, 0) is 32.9 Å². The molecule has 0 aliphatic heterocycles. The summed E-state index contributed by atoms with van der Waals surface area (Å²) in [6, 6.07) is 5.64. The molecule has 1 rings (SSSR count). The molecular formula is C13H21NO3. The third-order valence-electron chi connectivity index (χ3n) is 2.15. The molecule has 0 aromatic heterocycles. The van der Waals surface area contributed by atoms with Crippen molar-refractivity contribution in [3.63, 3.8) is 0 Å². The first kappa shape index (κ1) is 13.6. The van der Waals surface area contributed by atoms with Crippen LogP contribution in [-0.4, -0.2) is 31.0 Å². The molecule has 96 valence electrons. The summed E-state index contributed by atoms with van der Waals surface area (Å²) in [6.45, 7) is 7.34. The number of aliphatic hydroxyl groups excluding tert-OH is 1. The standard InChI is InChI=1S/C13H21NO3/c1-4-16-11-6-7-13(17-5-2)12(8-11)14-9-10(3)15/h6-8,10,14-15H,4-5,9H2,1-3H3/t10-/m1/s1. The van der Waals surface area contributed by atoms with E-state index >= 15 is 0 Å². The smallest absolute Gasteiger partial charge is 0.142 e. The Balaban J connectivity index is 2.81. The Morgan fingerprint density at radius 2 is 1.94 bits per heavy atom. The molecule has 0 aliphatic rings. The normalized spacial score (nSPS) is 12.0. The Kier molecular flexibility index (Phi) is 5.63. The fourth-order valence-corrected chi connectivity index (χ4v) is 1.44. The number of hydrogen-bond acceptors (Lipinski definition) is 4. The maximum Gasteiger partial charge on any atom is 0.142 e. The lowest BCUT2D eigenvalue weighted by molar-refractivity contribution is 0.208. The number of rotatable bonds is 7. The molecule has 1 atom stereocenters. The van der Waals surface area contributed by atoms with Crippen LogP contribution in [0.5, 0.6) is 11.5 Å². The van der Waals surface area contributed by atoms with Gasteiger partial charge in [-0.3, -0.25) is 0 Å². The first-order valence-electron chi connectivity index (χ1n) is 5.99. The summed E-state index contributed by atoms with van der Waals surface area (Å²) in [4.78, 5) is 0. The van der Waals surface area contributed by atoms with E-state index in [1.807, 2.05) is 32.0 Å². The highest BCUT2D eigenvalue weighted by atomic mass is 16.5. The molecule has 0 unspecified atom stereocenters. The van der Waals surface area contributed by atoms with Crippen molar-refractivity contribution in [2.45, 2.75) is 26.9 Å². The zero-order valence-electron chi connectivity index (χ0n) is 10.7. The number of nitrogens with one attached hydrogen (secondary N) is 1. The van der Waals surface area contributed by atoms with E-state index < -0.39 is 6.10 Å². The van der Waals surface area contributed by atoms with Gasteiger partial charge in [-0.2, -0.15) is 0 Å². The van der Waals surface area contributed by atoms with Crippen LogP contribution >= 0.6 is 0 Å². The average molecular weight is 239 g/mol. The van der Waals surface area contributed by atoms with Crippen molar-refractivity contribution < 1.29 is 14.6 Å². The Hall–Kier alpha value is -1.42. The molecule has 0 heterocycles. The minimum absolute atomic E-state index is 0.403. The molecule has 17 heavy (non-hydrogen) atoms. The molecular weight excluding hydrogens is 218 g/mol. The lowest BCUT2D eigenvalue weighted by atomic mass is 10.2. The Morgan fingerprint density at radius 1 is 1.24 bits per heavy atom. The second-order valence-corrected chi connectivity index (χ2v) is 3.75. The van der Waals surface area contributed by atoms with Gasteiger partial charge in [0.05, 0.1) is 25.0 Å². The zero-order valence-corrected chi connectivity index (χ0v) is 10.7. The van der Waals surface area contributed by atoms with Gasteiger partial charge in [0.25, 0.3) is 0 Å². The lowest BCUT2D eigenvalue weighted by Crippen LogP contribution is -2.16. The van der Waals surface area contributed by atoms with Gasteiger partial charge in [0.1, 0.15) is 11.5 Å². The molecule has 0 saturated heterocycles. The van der Waals surface area contributed by atoms with Crippen LogP contribution in [0.3, 0.4) is 0 Å². The van der Waals surface area contributed by atoms with Crippen LogP contribution < -0.4 is 14.8 Å². The summed E-state index contributed by atoms with van der Waals surface area (Å²) < 4.78 is 10.9. The number of anilines is 1. The van der Waals surface area contributed by atoms with Crippen molar-refractivity contribution in [3.05, 3.63) is 18.2 Å². The highest BCUT2D eigenvalue weighted by molar-refractivity contribution is 5.59. The average Bonchev–Trinajstić information content (AvgIpc) is 2.29.